The van der Waals surface area contributed by atoms with Crippen molar-refractivity contribution in [1.82, 2.24) is 10.6 Å². The third-order valence-electron chi connectivity index (χ3n) is 4.90. The molecule has 0 aromatic heterocycles. The highest BCUT2D eigenvalue weighted by Crippen LogP contribution is 2.30. The Morgan fingerprint density at radius 1 is 1.11 bits per heavy atom. The molecule has 104 valence electrons. The first-order chi connectivity index (χ1) is 8.74. The van der Waals surface area contributed by atoms with Crippen LogP contribution in [0.2, 0.25) is 0 Å². The Morgan fingerprint density at radius 2 is 1.78 bits per heavy atom. The topological polar surface area (TPSA) is 41.1 Å². The summed E-state index contributed by atoms with van der Waals surface area (Å²) in [7, 11) is 2.01. The molecule has 0 aromatic rings. The zero-order valence-electron chi connectivity index (χ0n) is 11.8. The minimum Gasteiger partial charge on any atom is -0.356 e. The zero-order chi connectivity index (χ0) is 12.8. The van der Waals surface area contributed by atoms with Crippen molar-refractivity contribution in [1.29, 1.82) is 0 Å². The van der Waals surface area contributed by atoms with Crippen molar-refractivity contribution >= 4 is 5.91 Å². The molecule has 0 saturated heterocycles. The van der Waals surface area contributed by atoms with E-state index in [0.717, 1.165) is 25.3 Å². The van der Waals surface area contributed by atoms with Crippen LogP contribution < -0.4 is 10.6 Å². The van der Waals surface area contributed by atoms with E-state index in [9.17, 15) is 4.79 Å². The summed E-state index contributed by atoms with van der Waals surface area (Å²) >= 11 is 0. The van der Waals surface area contributed by atoms with Crippen molar-refractivity contribution in [3.05, 3.63) is 0 Å². The van der Waals surface area contributed by atoms with E-state index in [1.54, 1.807) is 0 Å². The van der Waals surface area contributed by atoms with E-state index in [1.165, 1.54) is 44.9 Å². The number of carbonyl (C=O) groups excluding carboxylic acids is 1. The van der Waals surface area contributed by atoms with Crippen LogP contribution >= 0.6 is 0 Å². The van der Waals surface area contributed by atoms with Crippen molar-refractivity contribution in [3.63, 3.8) is 0 Å². The van der Waals surface area contributed by atoms with Crippen LogP contribution in [-0.4, -0.2) is 25.0 Å². The molecule has 0 aromatic carbocycles. The van der Waals surface area contributed by atoms with Gasteiger partial charge in [-0.05, 0) is 38.6 Å². The molecule has 2 saturated carbocycles. The molecule has 0 spiro atoms. The van der Waals surface area contributed by atoms with Crippen LogP contribution in [0.3, 0.4) is 0 Å². The number of rotatable bonds is 5. The van der Waals surface area contributed by atoms with E-state index in [0.29, 0.717) is 6.42 Å². The van der Waals surface area contributed by atoms with Crippen molar-refractivity contribution in [2.45, 2.75) is 69.7 Å². The molecule has 3 nitrogen and oxygen atoms in total. The monoisotopic (exact) mass is 252 g/mol. The van der Waals surface area contributed by atoms with Gasteiger partial charge >= 0.3 is 0 Å². The lowest BCUT2D eigenvalue weighted by molar-refractivity contribution is -0.123. The fourth-order valence-corrected chi connectivity index (χ4v) is 3.59. The molecule has 2 rings (SSSR count). The van der Waals surface area contributed by atoms with Gasteiger partial charge < -0.3 is 10.6 Å². The third kappa shape index (κ3) is 3.71. The summed E-state index contributed by atoms with van der Waals surface area (Å²) in [6.07, 6.45) is 12.1. The lowest BCUT2D eigenvalue weighted by atomic mass is 9.79. The van der Waals surface area contributed by atoms with Gasteiger partial charge in [-0.25, -0.2) is 0 Å². The minimum atomic E-state index is 0.0814. The Morgan fingerprint density at radius 3 is 2.39 bits per heavy atom. The molecule has 0 bridgehead atoms. The van der Waals surface area contributed by atoms with Gasteiger partial charge in [0.2, 0.25) is 5.91 Å². The highest BCUT2D eigenvalue weighted by molar-refractivity contribution is 5.77. The Kier molecular flexibility index (Phi) is 5.04. The predicted octanol–water partition coefficient (Wildman–Crippen LogP) is 2.61. The number of nitrogens with one attached hydrogen (secondary N) is 2. The maximum atomic E-state index is 12.1. The second-order valence-electron chi connectivity index (χ2n) is 6.22. The average Bonchev–Trinajstić information content (AvgIpc) is 2.91. The van der Waals surface area contributed by atoms with E-state index < -0.39 is 0 Å². The lowest BCUT2D eigenvalue weighted by Gasteiger charge is -2.36. The van der Waals surface area contributed by atoms with Crippen molar-refractivity contribution in [3.8, 4) is 0 Å². The van der Waals surface area contributed by atoms with Crippen molar-refractivity contribution < 1.29 is 4.79 Å². The summed E-state index contributed by atoms with van der Waals surface area (Å²) in [6.45, 7) is 0.901. The van der Waals surface area contributed by atoms with Crippen molar-refractivity contribution in [2.75, 3.05) is 13.6 Å². The molecular formula is C15H28N2O. The van der Waals surface area contributed by atoms with Gasteiger partial charge in [0.15, 0.2) is 0 Å². The molecule has 2 aliphatic carbocycles. The second kappa shape index (κ2) is 6.55. The molecule has 1 amide bonds. The van der Waals surface area contributed by atoms with Crippen LogP contribution in [0.15, 0.2) is 0 Å². The molecule has 0 aliphatic heterocycles. The van der Waals surface area contributed by atoms with Crippen LogP contribution in [0.4, 0.5) is 0 Å². The molecule has 0 radical (unpaired) electrons. The standard InChI is InChI=1S/C15H28N2O/c1-16-15(9-5-2-6-10-15)11-14(18)17-12-13-7-3-4-8-13/h13,16H,2-12H2,1H3,(H,17,18). The third-order valence-corrected chi connectivity index (χ3v) is 4.90. The molecule has 0 atom stereocenters. The normalized spacial score (nSPS) is 24.1. The second-order valence-corrected chi connectivity index (χ2v) is 6.22. The largest absolute Gasteiger partial charge is 0.356 e. The summed E-state index contributed by atoms with van der Waals surface area (Å²) in [5.41, 5.74) is 0.0814. The molecule has 2 fully saturated rings. The van der Waals surface area contributed by atoms with Gasteiger partial charge in [-0.2, -0.15) is 0 Å². The highest BCUT2D eigenvalue weighted by atomic mass is 16.1. The Hall–Kier alpha value is -0.570. The Balaban J connectivity index is 1.74. The van der Waals surface area contributed by atoms with E-state index in [-0.39, 0.29) is 11.4 Å². The Bertz CT molecular complexity index is 266. The number of hydrogen-bond donors (Lipinski definition) is 2. The minimum absolute atomic E-state index is 0.0814. The first-order valence-corrected chi connectivity index (χ1v) is 7.70. The fraction of sp³-hybridized carbons (Fsp3) is 0.933. The van der Waals surface area contributed by atoms with Gasteiger partial charge in [0.25, 0.3) is 0 Å². The van der Waals surface area contributed by atoms with Gasteiger partial charge in [0.1, 0.15) is 0 Å². The van der Waals surface area contributed by atoms with Crippen LogP contribution in [-0.2, 0) is 4.79 Å². The molecular weight excluding hydrogens is 224 g/mol. The molecule has 0 unspecified atom stereocenters. The first-order valence-electron chi connectivity index (χ1n) is 7.70. The highest BCUT2D eigenvalue weighted by Gasteiger charge is 2.32. The number of amides is 1. The SMILES string of the molecule is CNC1(CC(=O)NCC2CCCC2)CCCCC1. The van der Waals surface area contributed by atoms with E-state index in [1.807, 2.05) is 7.05 Å². The first kappa shape index (κ1) is 13.9. The number of hydrogen-bond acceptors (Lipinski definition) is 2. The Labute approximate surface area is 111 Å². The summed E-state index contributed by atoms with van der Waals surface area (Å²) < 4.78 is 0. The molecule has 3 heteroatoms. The summed E-state index contributed by atoms with van der Waals surface area (Å²) in [5, 5.41) is 6.57. The van der Waals surface area contributed by atoms with E-state index in [4.69, 9.17) is 0 Å². The maximum absolute atomic E-state index is 12.1. The van der Waals surface area contributed by atoms with Crippen molar-refractivity contribution in [2.24, 2.45) is 5.92 Å². The van der Waals surface area contributed by atoms with Gasteiger partial charge in [-0.3, -0.25) is 4.79 Å². The summed E-state index contributed by atoms with van der Waals surface area (Å²) in [5.74, 6) is 0.990. The molecule has 2 aliphatic rings. The van der Waals surface area contributed by atoms with Crippen LogP contribution in [0.1, 0.15) is 64.2 Å². The average molecular weight is 252 g/mol. The van der Waals surface area contributed by atoms with Crippen LogP contribution in [0, 0.1) is 5.92 Å². The van der Waals surface area contributed by atoms with Crippen LogP contribution in [0.25, 0.3) is 0 Å². The molecule has 0 heterocycles. The van der Waals surface area contributed by atoms with Gasteiger partial charge in [-0.1, -0.05) is 32.1 Å². The molecule has 2 N–H and O–H groups in total. The smallest absolute Gasteiger partial charge is 0.221 e. The molecule has 18 heavy (non-hydrogen) atoms. The lowest BCUT2D eigenvalue weighted by Crippen LogP contribution is -2.48. The number of carbonyl (C=O) groups is 1. The van der Waals surface area contributed by atoms with Gasteiger partial charge in [0.05, 0.1) is 0 Å². The zero-order valence-corrected chi connectivity index (χ0v) is 11.8. The maximum Gasteiger partial charge on any atom is 0.221 e. The van der Waals surface area contributed by atoms with Crippen LogP contribution in [0.5, 0.6) is 0 Å². The predicted molar refractivity (Wildman–Crippen MR) is 74.5 cm³/mol. The van der Waals surface area contributed by atoms with Gasteiger partial charge in [-0.15, -0.1) is 0 Å². The fourth-order valence-electron chi connectivity index (χ4n) is 3.59. The summed E-state index contributed by atoms with van der Waals surface area (Å²) in [6, 6.07) is 0. The van der Waals surface area contributed by atoms with E-state index in [2.05, 4.69) is 10.6 Å². The summed E-state index contributed by atoms with van der Waals surface area (Å²) in [4.78, 5) is 12.1. The van der Waals surface area contributed by atoms with E-state index >= 15 is 0 Å². The van der Waals surface area contributed by atoms with Gasteiger partial charge in [0, 0.05) is 18.5 Å². The quantitative estimate of drug-likeness (QED) is 0.789.